The average Bonchev–Trinajstić information content (AvgIpc) is 3.24. The minimum atomic E-state index is -0.997. The van der Waals surface area contributed by atoms with Crippen molar-refractivity contribution in [3.05, 3.63) is 100 Å². The van der Waals surface area contributed by atoms with Crippen LogP contribution in [0.15, 0.2) is 77.3 Å². The van der Waals surface area contributed by atoms with Crippen molar-refractivity contribution < 1.29 is 23.3 Å². The van der Waals surface area contributed by atoms with E-state index >= 15 is 0 Å². The lowest BCUT2D eigenvalue weighted by atomic mass is 10.1. The van der Waals surface area contributed by atoms with Crippen molar-refractivity contribution in [1.82, 2.24) is 10.7 Å². The molecule has 4 aromatic rings. The van der Waals surface area contributed by atoms with Gasteiger partial charge in [0.1, 0.15) is 24.7 Å². The van der Waals surface area contributed by atoms with Crippen LogP contribution in [0.3, 0.4) is 0 Å². The lowest BCUT2D eigenvalue weighted by Crippen LogP contribution is -2.15. The summed E-state index contributed by atoms with van der Waals surface area (Å²) < 4.78 is 30.0. The molecule has 0 spiro atoms. The molecule has 0 aliphatic rings. The van der Waals surface area contributed by atoms with Crippen LogP contribution >= 0.6 is 11.6 Å². The second kappa shape index (κ2) is 10.2. The SMILES string of the molecule is Cc1c(C(=O)NF)noc1-c1cc(Cl)c(OCc2ccccc2)cc1OCc1ccccc1. The third kappa shape index (κ3) is 5.15. The zero-order valence-corrected chi connectivity index (χ0v) is 18.4. The molecule has 1 N–H and O–H groups in total. The van der Waals surface area contributed by atoms with Gasteiger partial charge in [0.15, 0.2) is 11.5 Å². The van der Waals surface area contributed by atoms with Gasteiger partial charge in [-0.15, -0.1) is 0 Å². The third-order valence-corrected chi connectivity index (χ3v) is 5.27. The summed E-state index contributed by atoms with van der Waals surface area (Å²) in [5.41, 5.74) is 3.65. The summed E-state index contributed by atoms with van der Waals surface area (Å²) in [5.74, 6) is 0.0836. The number of benzene rings is 3. The molecule has 4 rings (SSSR count). The van der Waals surface area contributed by atoms with Gasteiger partial charge < -0.3 is 14.0 Å². The highest BCUT2D eigenvalue weighted by molar-refractivity contribution is 6.32. The molecule has 3 aromatic carbocycles. The lowest BCUT2D eigenvalue weighted by molar-refractivity contribution is 0.0849. The first-order chi connectivity index (χ1) is 16.1. The number of carbonyl (C=O) groups is 1. The highest BCUT2D eigenvalue weighted by atomic mass is 35.5. The standard InChI is InChI=1S/C25H20ClFN2O4/c1-16-23(25(30)28-27)29-33-24(16)19-12-20(26)22(32-15-18-10-6-3-7-11-18)13-21(19)31-14-17-8-4-2-5-9-17/h2-13H,14-15H2,1H3,(H,28,30). The Morgan fingerprint density at radius 3 is 2.12 bits per heavy atom. The summed E-state index contributed by atoms with van der Waals surface area (Å²) in [7, 11) is 0. The van der Waals surface area contributed by atoms with Gasteiger partial charge in [0.25, 0.3) is 0 Å². The molecule has 0 bridgehead atoms. The van der Waals surface area contributed by atoms with Crippen molar-refractivity contribution in [1.29, 1.82) is 0 Å². The Balaban J connectivity index is 1.69. The van der Waals surface area contributed by atoms with E-state index in [4.69, 9.17) is 25.6 Å². The smallest absolute Gasteiger partial charge is 0.301 e. The molecule has 8 heteroatoms. The number of rotatable bonds is 8. The lowest BCUT2D eigenvalue weighted by Gasteiger charge is -2.15. The van der Waals surface area contributed by atoms with Gasteiger partial charge in [-0.05, 0) is 24.1 Å². The Kier molecular flexibility index (Phi) is 6.90. The minimum Gasteiger partial charge on any atom is -0.488 e. The maximum Gasteiger partial charge on any atom is 0.301 e. The first kappa shape index (κ1) is 22.4. The molecular weight excluding hydrogens is 447 g/mol. The zero-order valence-electron chi connectivity index (χ0n) is 17.7. The molecule has 0 unspecified atom stereocenters. The topological polar surface area (TPSA) is 73.6 Å². The molecule has 1 heterocycles. The number of amides is 1. The number of halogens is 2. The third-order valence-electron chi connectivity index (χ3n) is 4.98. The predicted octanol–water partition coefficient (Wildman–Crippen LogP) is 6.08. The summed E-state index contributed by atoms with van der Waals surface area (Å²) >= 11 is 6.50. The fourth-order valence-corrected chi connectivity index (χ4v) is 3.47. The summed E-state index contributed by atoms with van der Waals surface area (Å²) in [6.45, 7) is 2.20. The van der Waals surface area contributed by atoms with Gasteiger partial charge >= 0.3 is 5.91 Å². The molecule has 0 fully saturated rings. The first-order valence-electron chi connectivity index (χ1n) is 10.1. The summed E-state index contributed by atoms with van der Waals surface area (Å²) in [5, 5.41) is 4.01. The van der Waals surface area contributed by atoms with Gasteiger partial charge in [0.05, 0.1) is 10.6 Å². The van der Waals surface area contributed by atoms with Crippen molar-refractivity contribution >= 4 is 17.5 Å². The van der Waals surface area contributed by atoms with Crippen molar-refractivity contribution in [3.63, 3.8) is 0 Å². The minimum absolute atomic E-state index is 0.165. The van der Waals surface area contributed by atoms with Gasteiger partial charge in [-0.3, -0.25) is 4.79 Å². The number of hydrogen-bond acceptors (Lipinski definition) is 5. The van der Waals surface area contributed by atoms with Crippen LogP contribution in [-0.2, 0) is 13.2 Å². The van der Waals surface area contributed by atoms with Crippen LogP contribution < -0.4 is 15.0 Å². The maximum absolute atomic E-state index is 12.7. The van der Waals surface area contributed by atoms with E-state index in [1.807, 2.05) is 60.7 Å². The molecule has 168 valence electrons. The highest BCUT2D eigenvalue weighted by Crippen LogP contribution is 2.41. The molecular formula is C25H20ClFN2O4. The first-order valence-corrected chi connectivity index (χ1v) is 10.5. The Morgan fingerprint density at radius 2 is 1.55 bits per heavy atom. The molecule has 0 radical (unpaired) electrons. The van der Waals surface area contributed by atoms with Gasteiger partial charge in [-0.1, -0.05) is 81.9 Å². The monoisotopic (exact) mass is 466 g/mol. The van der Waals surface area contributed by atoms with Gasteiger partial charge in [-0.2, -0.15) is 5.54 Å². The van der Waals surface area contributed by atoms with E-state index in [-0.39, 0.29) is 18.1 Å². The Morgan fingerprint density at radius 1 is 0.970 bits per heavy atom. The Hall–Kier alpha value is -3.84. The largest absolute Gasteiger partial charge is 0.488 e. The zero-order chi connectivity index (χ0) is 23.2. The Labute approximate surface area is 194 Å². The number of aromatic nitrogens is 1. The van der Waals surface area contributed by atoms with E-state index in [9.17, 15) is 9.28 Å². The number of carbonyl (C=O) groups excluding carboxylic acids is 1. The molecule has 0 atom stereocenters. The van der Waals surface area contributed by atoms with Crippen molar-refractivity contribution in [3.8, 4) is 22.8 Å². The van der Waals surface area contributed by atoms with Crippen LogP contribution in [0.5, 0.6) is 11.5 Å². The van der Waals surface area contributed by atoms with E-state index in [1.54, 1.807) is 19.1 Å². The molecule has 0 aliphatic heterocycles. The van der Waals surface area contributed by atoms with Crippen LogP contribution in [0.1, 0.15) is 27.2 Å². The van der Waals surface area contributed by atoms with Crippen molar-refractivity contribution in [2.24, 2.45) is 0 Å². The second-order valence-electron chi connectivity index (χ2n) is 7.24. The van der Waals surface area contributed by atoms with Gasteiger partial charge in [0.2, 0.25) is 0 Å². The molecule has 6 nitrogen and oxygen atoms in total. The van der Waals surface area contributed by atoms with Crippen LogP contribution in [0, 0.1) is 6.92 Å². The molecule has 0 saturated carbocycles. The van der Waals surface area contributed by atoms with Crippen LogP contribution in [0.25, 0.3) is 11.3 Å². The van der Waals surface area contributed by atoms with Crippen LogP contribution in [0.4, 0.5) is 4.48 Å². The number of nitrogens with zero attached hydrogens (tertiary/aromatic N) is 1. The molecule has 0 aliphatic carbocycles. The quantitative estimate of drug-likeness (QED) is 0.319. The summed E-state index contributed by atoms with van der Waals surface area (Å²) in [6.07, 6.45) is 0. The van der Waals surface area contributed by atoms with Crippen molar-refractivity contribution in [2.75, 3.05) is 0 Å². The van der Waals surface area contributed by atoms with E-state index in [0.717, 1.165) is 16.7 Å². The number of nitrogens with one attached hydrogen (secondary N) is 1. The molecule has 1 amide bonds. The van der Waals surface area contributed by atoms with Crippen LogP contribution in [0.2, 0.25) is 5.02 Å². The maximum atomic E-state index is 12.7. The van der Waals surface area contributed by atoms with E-state index in [2.05, 4.69) is 5.16 Å². The summed E-state index contributed by atoms with van der Waals surface area (Å²) in [6, 6.07) is 22.6. The Bertz CT molecular complexity index is 1250. The highest BCUT2D eigenvalue weighted by Gasteiger charge is 2.24. The van der Waals surface area contributed by atoms with Crippen LogP contribution in [-0.4, -0.2) is 11.1 Å². The average molecular weight is 467 g/mol. The normalized spacial score (nSPS) is 10.6. The fourth-order valence-electron chi connectivity index (χ4n) is 3.26. The predicted molar refractivity (Wildman–Crippen MR) is 122 cm³/mol. The van der Waals surface area contributed by atoms with Gasteiger partial charge in [-0.25, -0.2) is 0 Å². The molecule has 0 saturated heterocycles. The number of hydrogen-bond donors (Lipinski definition) is 1. The number of ether oxygens (including phenoxy) is 2. The summed E-state index contributed by atoms with van der Waals surface area (Å²) in [4.78, 5) is 11.7. The van der Waals surface area contributed by atoms with E-state index < -0.39 is 5.91 Å². The second-order valence-corrected chi connectivity index (χ2v) is 7.64. The van der Waals surface area contributed by atoms with E-state index in [1.165, 1.54) is 0 Å². The van der Waals surface area contributed by atoms with Gasteiger partial charge in [0, 0.05) is 11.6 Å². The molecule has 1 aromatic heterocycles. The fraction of sp³-hybridized carbons (Fsp3) is 0.120. The van der Waals surface area contributed by atoms with E-state index in [0.29, 0.717) is 34.3 Å². The molecule has 33 heavy (non-hydrogen) atoms. The van der Waals surface area contributed by atoms with Crippen molar-refractivity contribution in [2.45, 2.75) is 20.1 Å².